The van der Waals surface area contributed by atoms with Gasteiger partial charge in [0.1, 0.15) is 0 Å². The molecule has 0 aromatic heterocycles. The second-order valence-corrected chi connectivity index (χ2v) is 9.90. The fraction of sp³-hybridized carbons (Fsp3) is 0.571. The van der Waals surface area contributed by atoms with E-state index in [2.05, 4.69) is 6.92 Å². The first-order valence-electron chi connectivity index (χ1n) is 12.6. The fourth-order valence-electron chi connectivity index (χ4n) is 5.48. The fourth-order valence-corrected chi connectivity index (χ4v) is 5.48. The van der Waals surface area contributed by atoms with Crippen molar-refractivity contribution in [1.29, 1.82) is 0 Å². The minimum absolute atomic E-state index is 0.0395. The van der Waals surface area contributed by atoms with Crippen molar-refractivity contribution in [2.45, 2.75) is 89.8 Å². The van der Waals surface area contributed by atoms with Gasteiger partial charge in [0.05, 0.1) is 19.3 Å². The van der Waals surface area contributed by atoms with Gasteiger partial charge in [0.25, 0.3) is 0 Å². The van der Waals surface area contributed by atoms with E-state index in [1.54, 1.807) is 19.1 Å². The van der Waals surface area contributed by atoms with Crippen LogP contribution in [0.5, 0.6) is 5.75 Å². The lowest BCUT2D eigenvalue weighted by Crippen LogP contribution is -2.22. The van der Waals surface area contributed by atoms with Gasteiger partial charge in [-0.2, -0.15) is 4.39 Å². The van der Waals surface area contributed by atoms with E-state index in [9.17, 15) is 13.2 Å². The highest BCUT2D eigenvalue weighted by Crippen LogP contribution is 2.41. The summed E-state index contributed by atoms with van der Waals surface area (Å²) in [4.78, 5) is 0. The van der Waals surface area contributed by atoms with E-state index in [1.807, 2.05) is 0 Å². The average molecular weight is 479 g/mol. The zero-order chi connectivity index (χ0) is 24.2. The molecule has 34 heavy (non-hydrogen) atoms. The van der Waals surface area contributed by atoms with Crippen molar-refractivity contribution in [3.8, 4) is 5.75 Å². The zero-order valence-electron chi connectivity index (χ0n) is 20.0. The first-order chi connectivity index (χ1) is 16.4. The van der Waals surface area contributed by atoms with Gasteiger partial charge in [-0.05, 0) is 86.5 Å². The Morgan fingerprint density at radius 2 is 1.26 bits per heavy atom. The highest BCUT2D eigenvalue weighted by molar-refractivity contribution is 5.32. The second kappa shape index (κ2) is 11.1. The van der Waals surface area contributed by atoms with E-state index in [0.29, 0.717) is 42.7 Å². The van der Waals surface area contributed by atoms with Crippen molar-refractivity contribution >= 4 is 0 Å². The summed E-state index contributed by atoms with van der Waals surface area (Å²) in [6.07, 6.45) is 6.49. The van der Waals surface area contributed by atoms with Gasteiger partial charge in [0.15, 0.2) is 23.2 Å². The van der Waals surface area contributed by atoms with Crippen LogP contribution < -0.4 is 4.74 Å². The summed E-state index contributed by atoms with van der Waals surface area (Å²) in [5, 5.41) is 0. The van der Waals surface area contributed by atoms with Crippen LogP contribution in [0.15, 0.2) is 24.3 Å². The monoisotopic (exact) mass is 478 g/mol. The standard InChI is InChI=1S/C28H34F4O2/c1-3-33-24-15-10-20(25(29)28(24)32)16-34-21-11-8-19(9-12-21)23-14-13-22(26(30)27(23)31)18-6-4-17(2)5-7-18/h10,13-15,17-19,21H,3-9,11-12,16H2,1-2H3. The van der Waals surface area contributed by atoms with Crippen molar-refractivity contribution in [3.63, 3.8) is 0 Å². The van der Waals surface area contributed by atoms with Crippen LogP contribution in [0.3, 0.4) is 0 Å². The summed E-state index contributed by atoms with van der Waals surface area (Å²) in [5.74, 6) is -2.74. The predicted octanol–water partition coefficient (Wildman–Crippen LogP) is 8.18. The van der Waals surface area contributed by atoms with E-state index >= 15 is 4.39 Å². The van der Waals surface area contributed by atoms with Crippen LogP contribution in [0, 0.1) is 29.2 Å². The quantitative estimate of drug-likeness (QED) is 0.374. The number of halogens is 4. The predicted molar refractivity (Wildman–Crippen MR) is 124 cm³/mol. The van der Waals surface area contributed by atoms with Gasteiger partial charge in [-0.1, -0.05) is 31.9 Å². The number of rotatable bonds is 7. The molecule has 0 bridgehead atoms. The minimum atomic E-state index is -1.00. The van der Waals surface area contributed by atoms with Gasteiger partial charge in [0, 0.05) is 5.56 Å². The van der Waals surface area contributed by atoms with E-state index in [0.717, 1.165) is 25.7 Å². The maximum Gasteiger partial charge on any atom is 0.200 e. The van der Waals surface area contributed by atoms with Crippen LogP contribution in [-0.4, -0.2) is 12.7 Å². The van der Waals surface area contributed by atoms with Crippen molar-refractivity contribution in [3.05, 3.63) is 64.2 Å². The molecule has 0 saturated heterocycles. The molecule has 2 saturated carbocycles. The van der Waals surface area contributed by atoms with Gasteiger partial charge in [-0.25, -0.2) is 13.2 Å². The molecule has 0 spiro atoms. The summed E-state index contributed by atoms with van der Waals surface area (Å²) < 4.78 is 69.2. The number of ether oxygens (including phenoxy) is 2. The third-order valence-electron chi connectivity index (χ3n) is 7.61. The molecule has 2 aliphatic rings. The Kier molecular flexibility index (Phi) is 8.18. The Morgan fingerprint density at radius 1 is 0.706 bits per heavy atom. The lowest BCUT2D eigenvalue weighted by atomic mass is 9.77. The van der Waals surface area contributed by atoms with Crippen LogP contribution in [0.25, 0.3) is 0 Å². The molecule has 0 atom stereocenters. The molecule has 0 unspecified atom stereocenters. The molecule has 0 amide bonds. The molecule has 0 heterocycles. The number of hydrogen-bond donors (Lipinski definition) is 0. The molecule has 0 aliphatic heterocycles. The zero-order valence-corrected chi connectivity index (χ0v) is 20.0. The third kappa shape index (κ3) is 5.42. The summed E-state index contributed by atoms with van der Waals surface area (Å²) >= 11 is 0. The summed E-state index contributed by atoms with van der Waals surface area (Å²) in [5.41, 5.74) is 1.11. The minimum Gasteiger partial charge on any atom is -0.491 e. The third-order valence-corrected chi connectivity index (χ3v) is 7.61. The van der Waals surface area contributed by atoms with Crippen molar-refractivity contribution in [2.24, 2.45) is 5.92 Å². The topological polar surface area (TPSA) is 18.5 Å². The highest BCUT2D eigenvalue weighted by atomic mass is 19.2. The molecule has 2 fully saturated rings. The molecule has 0 N–H and O–H groups in total. The van der Waals surface area contributed by atoms with Crippen LogP contribution in [-0.2, 0) is 11.3 Å². The second-order valence-electron chi connectivity index (χ2n) is 9.90. The lowest BCUT2D eigenvalue weighted by molar-refractivity contribution is 0.0116. The Labute approximate surface area is 199 Å². The molecule has 0 radical (unpaired) electrons. The Hall–Kier alpha value is -2.08. The van der Waals surface area contributed by atoms with Crippen LogP contribution in [0.1, 0.15) is 93.7 Å². The molecule has 2 nitrogen and oxygen atoms in total. The average Bonchev–Trinajstić information content (AvgIpc) is 2.84. The maximum absolute atomic E-state index is 15.0. The van der Waals surface area contributed by atoms with Gasteiger partial charge >= 0.3 is 0 Å². The summed E-state index contributed by atoms with van der Waals surface area (Å²) in [6, 6.07) is 6.45. The van der Waals surface area contributed by atoms with E-state index < -0.39 is 23.3 Å². The van der Waals surface area contributed by atoms with Crippen molar-refractivity contribution in [2.75, 3.05) is 6.61 Å². The lowest BCUT2D eigenvalue weighted by Gasteiger charge is -2.30. The number of hydrogen-bond acceptors (Lipinski definition) is 2. The first kappa shape index (κ1) is 25.0. The Morgan fingerprint density at radius 3 is 1.82 bits per heavy atom. The van der Waals surface area contributed by atoms with Gasteiger partial charge < -0.3 is 9.47 Å². The molecule has 2 aromatic carbocycles. The summed E-state index contributed by atoms with van der Waals surface area (Å²) in [7, 11) is 0. The molecular weight excluding hydrogens is 444 g/mol. The van der Waals surface area contributed by atoms with Gasteiger partial charge in [-0.15, -0.1) is 0 Å². The van der Waals surface area contributed by atoms with Crippen LogP contribution in [0.4, 0.5) is 17.6 Å². The van der Waals surface area contributed by atoms with E-state index in [4.69, 9.17) is 9.47 Å². The Balaban J connectivity index is 1.33. The molecule has 6 heteroatoms. The van der Waals surface area contributed by atoms with E-state index in [1.165, 1.54) is 12.1 Å². The molecule has 2 aliphatic carbocycles. The summed E-state index contributed by atoms with van der Waals surface area (Å²) in [6.45, 7) is 4.13. The largest absolute Gasteiger partial charge is 0.491 e. The molecule has 2 aromatic rings. The smallest absolute Gasteiger partial charge is 0.200 e. The normalized spacial score (nSPS) is 25.4. The highest BCUT2D eigenvalue weighted by Gasteiger charge is 2.29. The SMILES string of the molecule is CCOc1ccc(COC2CCC(c3ccc(C4CCC(C)CC4)c(F)c3F)CC2)c(F)c1F. The van der Waals surface area contributed by atoms with Crippen LogP contribution in [0.2, 0.25) is 0 Å². The van der Waals surface area contributed by atoms with Crippen LogP contribution >= 0.6 is 0 Å². The Bertz CT molecular complexity index is 977. The van der Waals surface area contributed by atoms with E-state index in [-0.39, 0.29) is 42.5 Å². The molecular formula is C28H34F4O2. The first-order valence-corrected chi connectivity index (χ1v) is 12.6. The van der Waals surface area contributed by atoms with Crippen molar-refractivity contribution < 1.29 is 27.0 Å². The number of benzene rings is 2. The van der Waals surface area contributed by atoms with Gasteiger partial charge in [0.2, 0.25) is 5.82 Å². The molecule has 4 rings (SSSR count). The van der Waals surface area contributed by atoms with Crippen molar-refractivity contribution in [1.82, 2.24) is 0 Å². The van der Waals surface area contributed by atoms with Gasteiger partial charge in [-0.3, -0.25) is 0 Å². The maximum atomic E-state index is 15.0. The molecule has 186 valence electrons.